The lowest BCUT2D eigenvalue weighted by Crippen LogP contribution is -2.27. The molecular formula is C22H15N3O4S2. The van der Waals surface area contributed by atoms with Gasteiger partial charge in [0.25, 0.3) is 11.6 Å². The summed E-state index contributed by atoms with van der Waals surface area (Å²) in [5, 5.41) is 10.7. The van der Waals surface area contributed by atoms with Gasteiger partial charge in [0.05, 0.1) is 15.5 Å². The molecule has 154 valence electrons. The average molecular weight is 450 g/mol. The second-order valence-electron chi connectivity index (χ2n) is 6.64. The summed E-state index contributed by atoms with van der Waals surface area (Å²) >= 11 is 6.66. The lowest BCUT2D eigenvalue weighted by Gasteiger charge is -2.14. The van der Waals surface area contributed by atoms with Crippen molar-refractivity contribution in [1.29, 1.82) is 0 Å². The predicted octanol–water partition coefficient (Wildman–Crippen LogP) is 5.50. The van der Waals surface area contributed by atoms with Gasteiger partial charge in [-0.15, -0.1) is 0 Å². The number of benzene rings is 2. The van der Waals surface area contributed by atoms with Crippen molar-refractivity contribution < 1.29 is 14.5 Å². The van der Waals surface area contributed by atoms with Crippen molar-refractivity contribution in [3.05, 3.63) is 93.0 Å². The van der Waals surface area contributed by atoms with Crippen molar-refractivity contribution in [3.8, 4) is 11.6 Å². The summed E-state index contributed by atoms with van der Waals surface area (Å²) < 4.78 is 6.10. The number of thioether (sulfide) groups is 1. The summed E-state index contributed by atoms with van der Waals surface area (Å²) in [6.07, 6.45) is 2.92. The van der Waals surface area contributed by atoms with Crippen molar-refractivity contribution in [2.24, 2.45) is 0 Å². The highest BCUT2D eigenvalue weighted by Gasteiger charge is 2.33. The number of anilines is 1. The lowest BCUT2D eigenvalue weighted by molar-refractivity contribution is -0.385. The van der Waals surface area contributed by atoms with Crippen LogP contribution in [0.1, 0.15) is 11.1 Å². The molecule has 3 aromatic rings. The summed E-state index contributed by atoms with van der Waals surface area (Å²) in [4.78, 5) is 29.0. The molecule has 1 amide bonds. The molecule has 0 spiro atoms. The molecule has 9 heteroatoms. The highest BCUT2D eigenvalue weighted by molar-refractivity contribution is 8.27. The van der Waals surface area contributed by atoms with Crippen LogP contribution in [0.2, 0.25) is 0 Å². The maximum absolute atomic E-state index is 12.9. The van der Waals surface area contributed by atoms with E-state index in [0.717, 1.165) is 23.0 Å². The summed E-state index contributed by atoms with van der Waals surface area (Å²) in [5.74, 6) is 0.609. The van der Waals surface area contributed by atoms with E-state index in [1.807, 2.05) is 31.2 Å². The Hall–Kier alpha value is -3.56. The third-order valence-electron chi connectivity index (χ3n) is 4.42. The Morgan fingerprint density at radius 2 is 1.81 bits per heavy atom. The van der Waals surface area contributed by atoms with Crippen LogP contribution in [0.5, 0.6) is 11.6 Å². The number of aromatic nitrogens is 1. The van der Waals surface area contributed by atoms with Crippen molar-refractivity contribution in [1.82, 2.24) is 4.98 Å². The van der Waals surface area contributed by atoms with Gasteiger partial charge in [0, 0.05) is 12.1 Å². The molecule has 7 nitrogen and oxygen atoms in total. The van der Waals surface area contributed by atoms with Gasteiger partial charge in [-0.3, -0.25) is 19.8 Å². The summed E-state index contributed by atoms with van der Waals surface area (Å²) in [5.41, 5.74) is 2.56. The monoisotopic (exact) mass is 449 g/mol. The first kappa shape index (κ1) is 20.7. The largest absolute Gasteiger partial charge is 0.439 e. The van der Waals surface area contributed by atoms with Gasteiger partial charge >= 0.3 is 0 Å². The summed E-state index contributed by atoms with van der Waals surface area (Å²) in [7, 11) is 0. The molecule has 0 N–H and O–H groups in total. The number of thiocarbonyl (C=S) groups is 1. The molecule has 31 heavy (non-hydrogen) atoms. The molecule has 1 aromatic heterocycles. The van der Waals surface area contributed by atoms with E-state index in [4.69, 9.17) is 17.0 Å². The Morgan fingerprint density at radius 1 is 1.10 bits per heavy atom. The Morgan fingerprint density at radius 3 is 2.42 bits per heavy atom. The fraction of sp³-hybridized carbons (Fsp3) is 0.0455. The van der Waals surface area contributed by atoms with Crippen LogP contribution >= 0.6 is 24.0 Å². The SMILES string of the molecule is Cc1ccc(N2C(=O)/C(=C\c3ccc(Oc4ccc([N+](=O)[O-])cn4)cc3)SC2=S)cc1. The van der Waals surface area contributed by atoms with Crippen LogP contribution in [0.4, 0.5) is 11.4 Å². The van der Waals surface area contributed by atoms with Crippen molar-refractivity contribution >= 4 is 51.7 Å². The minimum Gasteiger partial charge on any atom is -0.439 e. The second kappa shape index (κ2) is 8.66. The summed E-state index contributed by atoms with van der Waals surface area (Å²) in [6, 6.07) is 17.5. The molecule has 1 fully saturated rings. The minimum atomic E-state index is -0.521. The quantitative estimate of drug-likeness (QED) is 0.220. The van der Waals surface area contributed by atoms with Crippen molar-refractivity contribution in [2.75, 3.05) is 4.90 Å². The van der Waals surface area contributed by atoms with Gasteiger partial charge in [0.1, 0.15) is 11.9 Å². The van der Waals surface area contributed by atoms with E-state index < -0.39 is 4.92 Å². The molecule has 4 rings (SSSR count). The van der Waals surface area contributed by atoms with Crippen molar-refractivity contribution in [3.63, 3.8) is 0 Å². The number of aryl methyl sites for hydroxylation is 1. The average Bonchev–Trinajstić information content (AvgIpc) is 3.03. The Labute approximate surface area is 187 Å². The highest BCUT2D eigenvalue weighted by atomic mass is 32.2. The normalized spacial score (nSPS) is 14.9. The second-order valence-corrected chi connectivity index (χ2v) is 8.31. The van der Waals surface area contributed by atoms with Gasteiger partial charge in [0.15, 0.2) is 4.32 Å². The third kappa shape index (κ3) is 4.62. The fourth-order valence-electron chi connectivity index (χ4n) is 2.83. The van der Waals surface area contributed by atoms with Crippen LogP contribution in [0.3, 0.4) is 0 Å². The van der Waals surface area contributed by atoms with Crippen LogP contribution in [-0.2, 0) is 4.79 Å². The molecule has 0 atom stereocenters. The number of carbonyl (C=O) groups is 1. The molecule has 1 aliphatic heterocycles. The van der Waals surface area contributed by atoms with E-state index in [2.05, 4.69) is 4.98 Å². The zero-order valence-corrected chi connectivity index (χ0v) is 17.9. The third-order valence-corrected chi connectivity index (χ3v) is 5.72. The van der Waals surface area contributed by atoms with Gasteiger partial charge in [-0.1, -0.05) is 53.8 Å². The van der Waals surface area contributed by atoms with Gasteiger partial charge in [-0.05, 0) is 42.8 Å². The van der Waals surface area contributed by atoms with Crippen molar-refractivity contribution in [2.45, 2.75) is 6.92 Å². The van der Waals surface area contributed by atoms with E-state index in [-0.39, 0.29) is 17.5 Å². The van der Waals surface area contributed by atoms with Crippen LogP contribution < -0.4 is 9.64 Å². The number of carbonyl (C=O) groups excluding carboxylic acids is 1. The predicted molar refractivity (Wildman–Crippen MR) is 124 cm³/mol. The number of ether oxygens (including phenoxy) is 1. The first-order chi connectivity index (χ1) is 14.9. The van der Waals surface area contributed by atoms with Crippen LogP contribution in [0, 0.1) is 17.0 Å². The maximum atomic E-state index is 12.9. The Kier molecular flexibility index (Phi) is 5.79. The Balaban J connectivity index is 1.48. The highest BCUT2D eigenvalue weighted by Crippen LogP contribution is 2.36. The van der Waals surface area contributed by atoms with E-state index in [1.54, 1.807) is 30.3 Å². The lowest BCUT2D eigenvalue weighted by atomic mass is 10.2. The van der Waals surface area contributed by atoms with E-state index in [9.17, 15) is 14.9 Å². The van der Waals surface area contributed by atoms with Crippen LogP contribution in [0.25, 0.3) is 6.08 Å². The minimum absolute atomic E-state index is 0.106. The fourth-order valence-corrected chi connectivity index (χ4v) is 4.13. The number of amides is 1. The summed E-state index contributed by atoms with van der Waals surface area (Å²) in [6.45, 7) is 1.99. The van der Waals surface area contributed by atoms with Gasteiger partial charge in [0.2, 0.25) is 5.88 Å². The standard InChI is InChI=1S/C22H15N3O4S2/c1-14-2-6-16(7-3-14)24-21(26)19(31-22(24)30)12-15-4-9-18(10-5-15)29-20-11-8-17(13-23-20)25(27)28/h2-13H,1H3/b19-12+. The van der Waals surface area contributed by atoms with Gasteiger partial charge in [-0.25, -0.2) is 4.98 Å². The number of hydrogen-bond acceptors (Lipinski definition) is 7. The molecule has 0 radical (unpaired) electrons. The molecule has 2 heterocycles. The number of hydrogen-bond donors (Lipinski definition) is 0. The van der Waals surface area contributed by atoms with Crippen LogP contribution in [-0.4, -0.2) is 20.1 Å². The molecule has 1 aliphatic rings. The zero-order valence-electron chi connectivity index (χ0n) is 16.2. The molecule has 1 saturated heterocycles. The molecular weight excluding hydrogens is 434 g/mol. The number of nitrogens with zero attached hydrogens (tertiary/aromatic N) is 3. The molecule has 0 bridgehead atoms. The smallest absolute Gasteiger partial charge is 0.287 e. The van der Waals surface area contributed by atoms with Gasteiger partial charge < -0.3 is 4.74 Å². The number of nitro groups is 1. The maximum Gasteiger partial charge on any atom is 0.287 e. The topological polar surface area (TPSA) is 85.6 Å². The van der Waals surface area contributed by atoms with E-state index in [0.29, 0.717) is 15.0 Å². The van der Waals surface area contributed by atoms with E-state index in [1.165, 1.54) is 28.8 Å². The molecule has 2 aromatic carbocycles. The van der Waals surface area contributed by atoms with Crippen LogP contribution in [0.15, 0.2) is 71.8 Å². The zero-order chi connectivity index (χ0) is 22.0. The van der Waals surface area contributed by atoms with Gasteiger partial charge in [-0.2, -0.15) is 0 Å². The molecule has 0 aliphatic carbocycles. The number of rotatable bonds is 5. The molecule has 0 saturated carbocycles. The Bertz CT molecular complexity index is 1190. The van der Waals surface area contributed by atoms with E-state index >= 15 is 0 Å². The molecule has 0 unspecified atom stereocenters. The number of pyridine rings is 1. The first-order valence-corrected chi connectivity index (χ1v) is 10.4. The first-order valence-electron chi connectivity index (χ1n) is 9.14.